The Labute approximate surface area is 118 Å². The van der Waals surface area contributed by atoms with Crippen LogP contribution in [0.2, 0.25) is 0 Å². The normalized spacial score (nSPS) is 33.0. The molecule has 1 N–H and O–H groups in total. The second-order valence-electron chi connectivity index (χ2n) is 6.66. The van der Waals surface area contributed by atoms with Crippen molar-refractivity contribution in [2.45, 2.75) is 63.5 Å². The zero-order chi connectivity index (χ0) is 13.1. The van der Waals surface area contributed by atoms with E-state index in [1.165, 1.54) is 58.0 Å². The van der Waals surface area contributed by atoms with Crippen molar-refractivity contribution in [2.24, 2.45) is 5.92 Å². The summed E-state index contributed by atoms with van der Waals surface area (Å²) >= 11 is 0. The van der Waals surface area contributed by atoms with Gasteiger partial charge in [-0.15, -0.1) is 0 Å². The maximum Gasteiger partial charge on any atom is 0.0510 e. The summed E-state index contributed by atoms with van der Waals surface area (Å²) in [7, 11) is 0. The van der Waals surface area contributed by atoms with E-state index in [0.29, 0.717) is 11.6 Å². The molecule has 2 aliphatic heterocycles. The van der Waals surface area contributed by atoms with E-state index in [9.17, 15) is 0 Å². The van der Waals surface area contributed by atoms with Crippen LogP contribution in [0.5, 0.6) is 0 Å². The van der Waals surface area contributed by atoms with E-state index >= 15 is 0 Å². The van der Waals surface area contributed by atoms with Gasteiger partial charge in [0.2, 0.25) is 0 Å². The number of likely N-dealkylation sites (tertiary alicyclic amines) is 1. The molecule has 2 unspecified atom stereocenters. The molecule has 3 nitrogen and oxygen atoms in total. The average Bonchev–Trinajstić information content (AvgIpc) is 3.15. The lowest BCUT2D eigenvalue weighted by atomic mass is 9.78. The Morgan fingerprint density at radius 3 is 2.53 bits per heavy atom. The second kappa shape index (κ2) is 6.11. The highest BCUT2D eigenvalue weighted by Crippen LogP contribution is 2.43. The smallest absolute Gasteiger partial charge is 0.0510 e. The maximum atomic E-state index is 5.69. The molecule has 0 radical (unpaired) electrons. The van der Waals surface area contributed by atoms with Gasteiger partial charge in [-0.25, -0.2) is 0 Å². The number of nitrogens with zero attached hydrogens (tertiary/aromatic N) is 1. The van der Waals surface area contributed by atoms with Gasteiger partial charge in [0.1, 0.15) is 0 Å². The van der Waals surface area contributed by atoms with Gasteiger partial charge in [-0.2, -0.15) is 0 Å². The zero-order valence-electron chi connectivity index (χ0n) is 12.5. The molecule has 0 bridgehead atoms. The Bertz CT molecular complexity index is 276. The molecule has 3 fully saturated rings. The summed E-state index contributed by atoms with van der Waals surface area (Å²) in [5.74, 6) is 0.735. The number of rotatable bonds is 5. The SMILES string of the molecule is CCNC(C1CCOC1)C1(N2CCCC2)CCCC1. The van der Waals surface area contributed by atoms with E-state index in [0.717, 1.165) is 25.7 Å². The van der Waals surface area contributed by atoms with Gasteiger partial charge in [-0.05, 0) is 51.7 Å². The van der Waals surface area contributed by atoms with Crippen LogP contribution in [-0.4, -0.2) is 49.3 Å². The van der Waals surface area contributed by atoms with Crippen LogP contribution in [0.1, 0.15) is 51.9 Å². The van der Waals surface area contributed by atoms with Gasteiger partial charge in [0.15, 0.2) is 0 Å². The fourth-order valence-electron chi connectivity index (χ4n) is 4.80. The van der Waals surface area contributed by atoms with E-state index in [2.05, 4.69) is 17.1 Å². The second-order valence-corrected chi connectivity index (χ2v) is 6.66. The lowest BCUT2D eigenvalue weighted by Gasteiger charge is -2.47. The maximum absolute atomic E-state index is 5.69. The average molecular weight is 266 g/mol. The molecule has 1 aliphatic carbocycles. The van der Waals surface area contributed by atoms with Crippen LogP contribution in [0, 0.1) is 5.92 Å². The Morgan fingerprint density at radius 2 is 1.95 bits per heavy atom. The first kappa shape index (κ1) is 13.8. The quantitative estimate of drug-likeness (QED) is 0.827. The van der Waals surface area contributed by atoms with Crippen molar-refractivity contribution in [3.05, 3.63) is 0 Å². The van der Waals surface area contributed by atoms with E-state index < -0.39 is 0 Å². The van der Waals surface area contributed by atoms with Gasteiger partial charge in [0.05, 0.1) is 6.61 Å². The van der Waals surface area contributed by atoms with Crippen molar-refractivity contribution in [1.29, 1.82) is 0 Å². The molecular weight excluding hydrogens is 236 g/mol. The van der Waals surface area contributed by atoms with Crippen molar-refractivity contribution >= 4 is 0 Å². The molecule has 0 spiro atoms. The van der Waals surface area contributed by atoms with Gasteiger partial charge < -0.3 is 10.1 Å². The summed E-state index contributed by atoms with van der Waals surface area (Å²) in [6.07, 6.45) is 9.72. The molecule has 0 amide bonds. The Morgan fingerprint density at radius 1 is 1.21 bits per heavy atom. The van der Waals surface area contributed by atoms with E-state index in [4.69, 9.17) is 4.74 Å². The standard InChI is InChI=1S/C16H30N2O/c1-2-17-15(14-7-12-19-13-14)16(8-3-4-9-16)18-10-5-6-11-18/h14-15,17H,2-13H2,1H3. The Balaban J connectivity index is 1.82. The van der Waals surface area contributed by atoms with Crippen molar-refractivity contribution in [2.75, 3.05) is 32.8 Å². The highest BCUT2D eigenvalue weighted by atomic mass is 16.5. The number of hydrogen-bond acceptors (Lipinski definition) is 3. The Kier molecular flexibility index (Phi) is 4.45. The minimum atomic E-state index is 0.449. The molecule has 0 aromatic carbocycles. The topological polar surface area (TPSA) is 24.5 Å². The van der Waals surface area contributed by atoms with Crippen LogP contribution in [0.4, 0.5) is 0 Å². The summed E-state index contributed by atoms with van der Waals surface area (Å²) < 4.78 is 5.69. The molecule has 2 heterocycles. The molecule has 0 aromatic heterocycles. The van der Waals surface area contributed by atoms with Gasteiger partial charge >= 0.3 is 0 Å². The molecule has 3 heteroatoms. The third-order valence-electron chi connectivity index (χ3n) is 5.64. The molecule has 3 rings (SSSR count). The highest BCUT2D eigenvalue weighted by molar-refractivity contribution is 5.07. The third kappa shape index (κ3) is 2.57. The van der Waals surface area contributed by atoms with Crippen LogP contribution < -0.4 is 5.32 Å². The van der Waals surface area contributed by atoms with Gasteiger partial charge in [0, 0.05) is 24.1 Å². The summed E-state index contributed by atoms with van der Waals surface area (Å²) in [6, 6.07) is 0.653. The first-order chi connectivity index (χ1) is 9.37. The molecule has 110 valence electrons. The molecule has 1 saturated carbocycles. The highest BCUT2D eigenvalue weighted by Gasteiger charge is 2.49. The van der Waals surface area contributed by atoms with E-state index in [-0.39, 0.29) is 0 Å². The fourth-order valence-corrected chi connectivity index (χ4v) is 4.80. The van der Waals surface area contributed by atoms with Crippen molar-refractivity contribution < 1.29 is 4.74 Å². The lowest BCUT2D eigenvalue weighted by Crippen LogP contribution is -2.62. The predicted octanol–water partition coefficient (Wildman–Crippen LogP) is 2.41. The fraction of sp³-hybridized carbons (Fsp3) is 1.00. The minimum Gasteiger partial charge on any atom is -0.381 e. The van der Waals surface area contributed by atoms with Crippen LogP contribution in [0.3, 0.4) is 0 Å². The van der Waals surface area contributed by atoms with Gasteiger partial charge in [0.25, 0.3) is 0 Å². The van der Waals surface area contributed by atoms with E-state index in [1.54, 1.807) is 0 Å². The molecule has 2 saturated heterocycles. The largest absolute Gasteiger partial charge is 0.381 e. The number of nitrogens with one attached hydrogen (secondary N) is 1. The van der Waals surface area contributed by atoms with Crippen LogP contribution in [0.25, 0.3) is 0 Å². The van der Waals surface area contributed by atoms with Crippen molar-refractivity contribution in [3.63, 3.8) is 0 Å². The first-order valence-corrected chi connectivity index (χ1v) is 8.43. The molecule has 2 atom stereocenters. The van der Waals surface area contributed by atoms with Crippen LogP contribution in [0.15, 0.2) is 0 Å². The Hall–Kier alpha value is -0.120. The summed E-state index contributed by atoms with van der Waals surface area (Å²) in [5, 5.41) is 3.86. The van der Waals surface area contributed by atoms with Crippen LogP contribution >= 0.6 is 0 Å². The van der Waals surface area contributed by atoms with Gasteiger partial charge in [-0.3, -0.25) is 4.90 Å². The molecule has 0 aromatic rings. The molecule has 19 heavy (non-hydrogen) atoms. The number of likely N-dealkylation sites (N-methyl/N-ethyl adjacent to an activating group) is 1. The third-order valence-corrected chi connectivity index (χ3v) is 5.64. The van der Waals surface area contributed by atoms with Crippen LogP contribution in [-0.2, 0) is 4.74 Å². The summed E-state index contributed by atoms with van der Waals surface area (Å²) in [6.45, 7) is 7.97. The first-order valence-electron chi connectivity index (χ1n) is 8.43. The van der Waals surface area contributed by atoms with E-state index in [1.807, 2.05) is 0 Å². The predicted molar refractivity (Wildman–Crippen MR) is 78.4 cm³/mol. The molecular formula is C16H30N2O. The lowest BCUT2D eigenvalue weighted by molar-refractivity contribution is 0.0466. The monoisotopic (exact) mass is 266 g/mol. The number of hydrogen-bond donors (Lipinski definition) is 1. The number of ether oxygens (including phenoxy) is 1. The zero-order valence-corrected chi connectivity index (χ0v) is 12.5. The van der Waals surface area contributed by atoms with Crippen molar-refractivity contribution in [1.82, 2.24) is 10.2 Å². The minimum absolute atomic E-state index is 0.449. The summed E-state index contributed by atoms with van der Waals surface area (Å²) in [5.41, 5.74) is 0.449. The van der Waals surface area contributed by atoms with Gasteiger partial charge in [-0.1, -0.05) is 19.8 Å². The van der Waals surface area contributed by atoms with Crippen molar-refractivity contribution in [3.8, 4) is 0 Å². The summed E-state index contributed by atoms with van der Waals surface area (Å²) in [4.78, 5) is 2.84. The molecule has 3 aliphatic rings.